The van der Waals surface area contributed by atoms with Crippen molar-refractivity contribution in [2.24, 2.45) is 5.92 Å². The first-order valence-electron chi connectivity index (χ1n) is 12.8. The van der Waals surface area contributed by atoms with Crippen LogP contribution in [-0.4, -0.2) is 83.7 Å². The topological polar surface area (TPSA) is 111 Å². The Hall–Kier alpha value is -3.59. The van der Waals surface area contributed by atoms with Crippen LogP contribution < -0.4 is 9.64 Å². The van der Waals surface area contributed by atoms with Crippen LogP contribution in [0.15, 0.2) is 48.5 Å². The second kappa shape index (κ2) is 13.6. The molecule has 0 saturated carbocycles. The highest BCUT2D eigenvalue weighted by Crippen LogP contribution is 2.29. The highest BCUT2D eigenvalue weighted by molar-refractivity contribution is 6.27. The van der Waals surface area contributed by atoms with Gasteiger partial charge in [-0.15, -0.1) is 0 Å². The lowest BCUT2D eigenvalue weighted by Gasteiger charge is -2.39. The molecule has 0 bridgehead atoms. The maximum Gasteiger partial charge on any atom is 0.414 e. The molecule has 4 rings (SSSR count). The number of anilines is 1. The summed E-state index contributed by atoms with van der Waals surface area (Å²) < 4.78 is 5.79. The average Bonchev–Trinajstić information content (AvgIpc) is 2.91. The zero-order valence-electron chi connectivity index (χ0n) is 21.6. The number of ether oxygens (including phenoxy) is 1. The van der Waals surface area contributed by atoms with Crippen molar-refractivity contribution in [2.45, 2.75) is 33.2 Å². The van der Waals surface area contributed by atoms with Gasteiger partial charge in [0.25, 0.3) is 0 Å². The molecule has 0 unspecified atom stereocenters. The maximum absolute atomic E-state index is 13.1. The predicted octanol–water partition coefficient (Wildman–Crippen LogP) is 3.11. The number of hydrogen-bond acceptors (Lipinski definition) is 6. The van der Waals surface area contributed by atoms with Crippen LogP contribution in [0.2, 0.25) is 0 Å². The van der Waals surface area contributed by atoms with Gasteiger partial charge in [-0.1, -0.05) is 42.0 Å². The Balaban J connectivity index is 0.000000568. The molecule has 9 nitrogen and oxygen atoms in total. The monoisotopic (exact) mass is 511 g/mol. The van der Waals surface area contributed by atoms with Crippen molar-refractivity contribution < 1.29 is 29.3 Å². The van der Waals surface area contributed by atoms with E-state index in [9.17, 15) is 4.79 Å². The predicted molar refractivity (Wildman–Crippen MR) is 141 cm³/mol. The number of piperidine rings is 1. The van der Waals surface area contributed by atoms with E-state index in [4.69, 9.17) is 24.5 Å². The number of rotatable bonds is 6. The third kappa shape index (κ3) is 8.21. The van der Waals surface area contributed by atoms with Gasteiger partial charge in [0.1, 0.15) is 5.75 Å². The summed E-state index contributed by atoms with van der Waals surface area (Å²) in [6, 6.07) is 17.0. The van der Waals surface area contributed by atoms with Crippen LogP contribution in [0.3, 0.4) is 0 Å². The van der Waals surface area contributed by atoms with Crippen LogP contribution in [0.25, 0.3) is 0 Å². The summed E-state index contributed by atoms with van der Waals surface area (Å²) in [6.07, 6.45) is 1.94. The van der Waals surface area contributed by atoms with Gasteiger partial charge in [0.05, 0.1) is 12.3 Å². The first-order chi connectivity index (χ1) is 17.8. The van der Waals surface area contributed by atoms with Crippen LogP contribution in [0.1, 0.15) is 30.9 Å². The van der Waals surface area contributed by atoms with E-state index in [0.717, 1.165) is 70.1 Å². The zero-order chi connectivity index (χ0) is 26.8. The molecule has 2 heterocycles. The fourth-order valence-corrected chi connectivity index (χ4v) is 4.71. The standard InChI is InChI=1S/C26H35N3O2.C2H2O4/c1-3-31-25-7-5-4-6-24(25)28-16-18-29(19-17-28)26(30)23-12-14-27(15-13-23)20-22-10-8-21(2)9-11-22;3-1(4)2(5)6/h4-11,23H,3,12-20H2,1-2H3;(H,3,4)(H,5,6). The summed E-state index contributed by atoms with van der Waals surface area (Å²) >= 11 is 0. The number of carbonyl (C=O) groups excluding carboxylic acids is 1. The molecule has 2 saturated heterocycles. The van der Waals surface area contributed by atoms with Crippen molar-refractivity contribution in [3.63, 3.8) is 0 Å². The van der Waals surface area contributed by atoms with Gasteiger partial charge >= 0.3 is 11.9 Å². The van der Waals surface area contributed by atoms with Gasteiger partial charge < -0.3 is 24.7 Å². The van der Waals surface area contributed by atoms with Crippen molar-refractivity contribution >= 4 is 23.5 Å². The number of aryl methyl sites for hydroxylation is 1. The Kier molecular flexibility index (Phi) is 10.3. The van der Waals surface area contributed by atoms with Crippen molar-refractivity contribution in [2.75, 3.05) is 50.8 Å². The van der Waals surface area contributed by atoms with E-state index in [1.54, 1.807) is 0 Å². The summed E-state index contributed by atoms with van der Waals surface area (Å²) in [7, 11) is 0. The largest absolute Gasteiger partial charge is 0.492 e. The van der Waals surface area contributed by atoms with Gasteiger partial charge in [-0.25, -0.2) is 9.59 Å². The number of carboxylic acids is 2. The Morgan fingerprint density at radius 1 is 0.865 bits per heavy atom. The third-order valence-electron chi connectivity index (χ3n) is 6.74. The first-order valence-corrected chi connectivity index (χ1v) is 12.8. The Bertz CT molecular complexity index is 1030. The minimum Gasteiger partial charge on any atom is -0.492 e. The number of likely N-dealkylation sites (tertiary alicyclic amines) is 1. The fraction of sp³-hybridized carbons (Fsp3) is 0.464. The number of hydrogen-bond donors (Lipinski definition) is 2. The van der Waals surface area contributed by atoms with Crippen LogP contribution in [0, 0.1) is 12.8 Å². The van der Waals surface area contributed by atoms with Crippen LogP contribution in [0.4, 0.5) is 5.69 Å². The van der Waals surface area contributed by atoms with Gasteiger partial charge in [0, 0.05) is 38.6 Å². The van der Waals surface area contributed by atoms with Gasteiger partial charge in [-0.05, 0) is 57.5 Å². The molecule has 2 aliphatic heterocycles. The molecule has 1 amide bonds. The second-order valence-corrected chi connectivity index (χ2v) is 9.36. The normalized spacial score (nSPS) is 16.5. The lowest BCUT2D eigenvalue weighted by molar-refractivity contribution is -0.159. The number of aliphatic carboxylic acids is 2. The molecule has 9 heteroatoms. The molecule has 0 atom stereocenters. The summed E-state index contributed by atoms with van der Waals surface area (Å²) in [5, 5.41) is 14.8. The Morgan fingerprint density at radius 3 is 2.03 bits per heavy atom. The Morgan fingerprint density at radius 2 is 1.46 bits per heavy atom. The molecule has 200 valence electrons. The van der Waals surface area contributed by atoms with Gasteiger partial charge in [0.2, 0.25) is 5.91 Å². The number of carbonyl (C=O) groups is 3. The molecule has 0 radical (unpaired) electrons. The summed E-state index contributed by atoms with van der Waals surface area (Å²) in [6.45, 7) is 11.1. The molecular formula is C28H37N3O6. The van der Waals surface area contributed by atoms with Gasteiger partial charge in [-0.2, -0.15) is 0 Å². The lowest BCUT2D eigenvalue weighted by atomic mass is 9.94. The van der Waals surface area contributed by atoms with E-state index in [1.165, 1.54) is 11.1 Å². The minimum atomic E-state index is -1.82. The van der Waals surface area contributed by atoms with Gasteiger partial charge in [-0.3, -0.25) is 9.69 Å². The summed E-state index contributed by atoms with van der Waals surface area (Å²) in [4.78, 5) is 38.2. The highest BCUT2D eigenvalue weighted by Gasteiger charge is 2.30. The van der Waals surface area contributed by atoms with Crippen molar-refractivity contribution in [1.29, 1.82) is 0 Å². The molecule has 37 heavy (non-hydrogen) atoms. The molecule has 2 fully saturated rings. The molecule has 2 aromatic carbocycles. The number of benzene rings is 2. The SMILES string of the molecule is CCOc1ccccc1N1CCN(C(=O)C2CCN(Cc3ccc(C)cc3)CC2)CC1.O=C(O)C(=O)O. The Labute approximate surface area is 218 Å². The molecule has 2 N–H and O–H groups in total. The number of nitrogens with zero attached hydrogens (tertiary/aromatic N) is 3. The van der Waals surface area contributed by atoms with E-state index in [2.05, 4.69) is 58.0 Å². The second-order valence-electron chi connectivity index (χ2n) is 9.36. The third-order valence-corrected chi connectivity index (χ3v) is 6.74. The minimum absolute atomic E-state index is 0.177. The van der Waals surface area contributed by atoms with E-state index in [0.29, 0.717) is 12.5 Å². The number of para-hydroxylation sites is 2. The molecule has 0 aromatic heterocycles. The number of piperazine rings is 1. The van der Waals surface area contributed by atoms with Crippen LogP contribution in [0.5, 0.6) is 5.75 Å². The quantitative estimate of drug-likeness (QED) is 0.570. The zero-order valence-corrected chi connectivity index (χ0v) is 21.6. The lowest BCUT2D eigenvalue weighted by Crippen LogP contribution is -2.51. The molecule has 0 aliphatic carbocycles. The maximum atomic E-state index is 13.1. The van der Waals surface area contributed by atoms with Crippen LogP contribution in [-0.2, 0) is 20.9 Å². The fourth-order valence-electron chi connectivity index (χ4n) is 4.71. The molecule has 0 spiro atoms. The molecule has 2 aliphatic rings. The smallest absolute Gasteiger partial charge is 0.414 e. The van der Waals surface area contributed by atoms with E-state index in [1.807, 2.05) is 19.1 Å². The van der Waals surface area contributed by atoms with Crippen molar-refractivity contribution in [3.05, 3.63) is 59.7 Å². The average molecular weight is 512 g/mol. The van der Waals surface area contributed by atoms with E-state index >= 15 is 0 Å². The number of amides is 1. The highest BCUT2D eigenvalue weighted by atomic mass is 16.5. The summed E-state index contributed by atoms with van der Waals surface area (Å²) in [5.41, 5.74) is 3.80. The van der Waals surface area contributed by atoms with E-state index < -0.39 is 11.9 Å². The van der Waals surface area contributed by atoms with E-state index in [-0.39, 0.29) is 5.92 Å². The molecule has 2 aromatic rings. The van der Waals surface area contributed by atoms with Crippen molar-refractivity contribution in [3.8, 4) is 5.75 Å². The van der Waals surface area contributed by atoms with Crippen LogP contribution >= 0.6 is 0 Å². The van der Waals surface area contributed by atoms with Crippen molar-refractivity contribution in [1.82, 2.24) is 9.80 Å². The number of carboxylic acid groups (broad SMARTS) is 2. The summed E-state index contributed by atoms with van der Waals surface area (Å²) in [5.74, 6) is -2.18. The molecular weight excluding hydrogens is 474 g/mol. The van der Waals surface area contributed by atoms with Gasteiger partial charge in [0.15, 0.2) is 0 Å². The first kappa shape index (κ1) is 28.0.